The Hall–Kier alpha value is -3.21. The summed E-state index contributed by atoms with van der Waals surface area (Å²) in [5, 5.41) is 0. The van der Waals surface area contributed by atoms with E-state index < -0.39 is 6.04 Å². The van der Waals surface area contributed by atoms with Gasteiger partial charge in [-0.3, -0.25) is 14.4 Å². The molecule has 0 aliphatic carbocycles. The van der Waals surface area contributed by atoms with Gasteiger partial charge in [0.05, 0.1) is 18.5 Å². The highest BCUT2D eigenvalue weighted by Crippen LogP contribution is 2.26. The molecule has 0 saturated carbocycles. The smallest absolute Gasteiger partial charge is 0.257 e. The van der Waals surface area contributed by atoms with Crippen molar-refractivity contribution in [1.29, 1.82) is 0 Å². The molecule has 1 heterocycles. The molecule has 1 aliphatic rings. The molecule has 1 fully saturated rings. The maximum Gasteiger partial charge on any atom is 0.257 e. The summed E-state index contributed by atoms with van der Waals surface area (Å²) >= 11 is 0. The Bertz CT molecular complexity index is 818. The predicted octanol–water partition coefficient (Wildman–Crippen LogP) is 2.58. The predicted molar refractivity (Wildman–Crippen MR) is 99.4 cm³/mol. The van der Waals surface area contributed by atoms with Gasteiger partial charge in [0, 0.05) is 6.54 Å². The summed E-state index contributed by atoms with van der Waals surface area (Å²) in [5.74, 6) is -0.866. The molecule has 1 unspecified atom stereocenters. The number of carbonyl (C=O) groups excluding carboxylic acids is 3. The average Bonchev–Trinajstić information content (AvgIpc) is 2.95. The monoisotopic (exact) mass is 348 g/mol. The van der Waals surface area contributed by atoms with E-state index in [1.165, 1.54) is 4.90 Å². The zero-order valence-electron chi connectivity index (χ0n) is 14.4. The molecule has 0 N–H and O–H groups in total. The van der Waals surface area contributed by atoms with Crippen LogP contribution in [0.15, 0.2) is 73.3 Å². The van der Waals surface area contributed by atoms with E-state index in [1.54, 1.807) is 30.3 Å². The summed E-state index contributed by atoms with van der Waals surface area (Å²) < 4.78 is 0. The average molecular weight is 348 g/mol. The number of hydrogen-bond acceptors (Lipinski definition) is 3. The van der Waals surface area contributed by atoms with E-state index in [0.717, 1.165) is 10.5 Å². The van der Waals surface area contributed by atoms with Gasteiger partial charge in [-0.2, -0.15) is 0 Å². The summed E-state index contributed by atoms with van der Waals surface area (Å²) in [4.78, 5) is 40.7. The third kappa shape index (κ3) is 3.57. The summed E-state index contributed by atoms with van der Waals surface area (Å²) in [6.45, 7) is 3.90. The minimum atomic E-state index is -0.795. The van der Waals surface area contributed by atoms with E-state index in [4.69, 9.17) is 0 Å². The summed E-state index contributed by atoms with van der Waals surface area (Å²) in [6, 6.07) is 17.3. The number of imide groups is 1. The molecule has 5 nitrogen and oxygen atoms in total. The normalized spacial score (nSPS) is 16.6. The van der Waals surface area contributed by atoms with Gasteiger partial charge in [0.2, 0.25) is 11.8 Å². The van der Waals surface area contributed by atoms with Crippen LogP contribution >= 0.6 is 0 Å². The first-order chi connectivity index (χ1) is 12.6. The molecule has 1 saturated heterocycles. The maximum atomic E-state index is 12.9. The maximum absolute atomic E-state index is 12.9. The molecule has 26 heavy (non-hydrogen) atoms. The number of para-hydroxylation sites is 1. The van der Waals surface area contributed by atoms with Crippen LogP contribution in [0.5, 0.6) is 0 Å². The van der Waals surface area contributed by atoms with Crippen LogP contribution < -0.4 is 4.90 Å². The molecule has 5 heteroatoms. The lowest BCUT2D eigenvalue weighted by molar-refractivity contribution is -0.137. The van der Waals surface area contributed by atoms with Crippen molar-refractivity contribution in [3.05, 3.63) is 78.9 Å². The summed E-state index contributed by atoms with van der Waals surface area (Å²) in [7, 11) is 0. The number of benzene rings is 2. The minimum absolute atomic E-state index is 0.0118. The van der Waals surface area contributed by atoms with Gasteiger partial charge in [-0.05, 0) is 17.7 Å². The SMILES string of the molecule is C=CCN(C(=O)Cc1ccccc1)C1CC(=O)N(c2ccccc2)C1=O. The van der Waals surface area contributed by atoms with Crippen LogP contribution in [-0.2, 0) is 20.8 Å². The van der Waals surface area contributed by atoms with E-state index in [1.807, 2.05) is 36.4 Å². The molecule has 2 aromatic carbocycles. The first-order valence-corrected chi connectivity index (χ1v) is 8.48. The first kappa shape index (κ1) is 17.6. The van der Waals surface area contributed by atoms with Gasteiger partial charge in [0.15, 0.2) is 0 Å². The second kappa shape index (κ2) is 7.78. The largest absolute Gasteiger partial charge is 0.326 e. The lowest BCUT2D eigenvalue weighted by Crippen LogP contribution is -2.46. The van der Waals surface area contributed by atoms with Crippen molar-refractivity contribution >= 4 is 23.4 Å². The van der Waals surface area contributed by atoms with Gasteiger partial charge in [-0.15, -0.1) is 6.58 Å². The second-order valence-corrected chi connectivity index (χ2v) is 6.12. The molecule has 1 aliphatic heterocycles. The molecule has 3 amide bonds. The van der Waals surface area contributed by atoms with E-state index in [-0.39, 0.29) is 37.1 Å². The van der Waals surface area contributed by atoms with Crippen LogP contribution in [0.25, 0.3) is 0 Å². The summed E-state index contributed by atoms with van der Waals surface area (Å²) in [6.07, 6.45) is 1.74. The lowest BCUT2D eigenvalue weighted by atomic mass is 10.1. The van der Waals surface area contributed by atoms with Crippen molar-refractivity contribution in [3.63, 3.8) is 0 Å². The van der Waals surface area contributed by atoms with Crippen LogP contribution in [0.1, 0.15) is 12.0 Å². The standard InChI is InChI=1S/C21H20N2O3/c1-2-13-22(19(24)14-16-9-5-3-6-10-16)18-15-20(25)23(21(18)26)17-11-7-4-8-12-17/h2-12,18H,1,13-15H2. The van der Waals surface area contributed by atoms with Crippen molar-refractivity contribution < 1.29 is 14.4 Å². The fourth-order valence-electron chi connectivity index (χ4n) is 3.12. The Kier molecular flexibility index (Phi) is 5.27. The molecule has 2 aromatic rings. The van der Waals surface area contributed by atoms with Gasteiger partial charge in [0.1, 0.15) is 6.04 Å². The van der Waals surface area contributed by atoms with E-state index >= 15 is 0 Å². The molecule has 1 atom stereocenters. The van der Waals surface area contributed by atoms with E-state index in [9.17, 15) is 14.4 Å². The molecule has 0 bridgehead atoms. The van der Waals surface area contributed by atoms with Crippen molar-refractivity contribution in [1.82, 2.24) is 4.90 Å². The van der Waals surface area contributed by atoms with Gasteiger partial charge in [-0.1, -0.05) is 54.6 Å². The quantitative estimate of drug-likeness (QED) is 0.595. The highest BCUT2D eigenvalue weighted by molar-refractivity contribution is 6.23. The Labute approximate surface area is 152 Å². The Morgan fingerprint density at radius 2 is 1.69 bits per heavy atom. The summed E-state index contributed by atoms with van der Waals surface area (Å²) in [5.41, 5.74) is 1.39. The zero-order valence-corrected chi connectivity index (χ0v) is 14.4. The highest BCUT2D eigenvalue weighted by Gasteiger charge is 2.43. The van der Waals surface area contributed by atoms with Crippen molar-refractivity contribution in [2.24, 2.45) is 0 Å². The second-order valence-electron chi connectivity index (χ2n) is 6.12. The number of anilines is 1. The first-order valence-electron chi connectivity index (χ1n) is 8.48. The lowest BCUT2D eigenvalue weighted by Gasteiger charge is -2.26. The number of hydrogen-bond donors (Lipinski definition) is 0. The van der Waals surface area contributed by atoms with Gasteiger partial charge >= 0.3 is 0 Å². The molecule has 132 valence electrons. The topological polar surface area (TPSA) is 57.7 Å². The van der Waals surface area contributed by atoms with Gasteiger partial charge in [-0.25, -0.2) is 4.90 Å². The zero-order chi connectivity index (χ0) is 18.5. The fourth-order valence-corrected chi connectivity index (χ4v) is 3.12. The fraction of sp³-hybridized carbons (Fsp3) is 0.190. The number of rotatable bonds is 6. The molecule has 3 rings (SSSR count). The van der Waals surface area contributed by atoms with Crippen molar-refractivity contribution in [2.75, 3.05) is 11.4 Å². The van der Waals surface area contributed by atoms with E-state index in [2.05, 4.69) is 6.58 Å². The molecular formula is C21H20N2O3. The number of amides is 3. The van der Waals surface area contributed by atoms with Crippen LogP contribution in [0, 0.1) is 0 Å². The number of carbonyl (C=O) groups is 3. The Morgan fingerprint density at radius 1 is 1.08 bits per heavy atom. The highest BCUT2D eigenvalue weighted by atomic mass is 16.2. The van der Waals surface area contributed by atoms with E-state index in [0.29, 0.717) is 5.69 Å². The minimum Gasteiger partial charge on any atom is -0.326 e. The van der Waals surface area contributed by atoms with Gasteiger partial charge in [0.25, 0.3) is 5.91 Å². The third-order valence-corrected chi connectivity index (χ3v) is 4.36. The molecule has 0 aromatic heterocycles. The Balaban J connectivity index is 1.82. The molecule has 0 spiro atoms. The van der Waals surface area contributed by atoms with Crippen LogP contribution in [0.4, 0.5) is 5.69 Å². The van der Waals surface area contributed by atoms with Crippen molar-refractivity contribution in [2.45, 2.75) is 18.9 Å². The Morgan fingerprint density at radius 3 is 2.31 bits per heavy atom. The number of nitrogens with zero attached hydrogens (tertiary/aromatic N) is 2. The molecule has 0 radical (unpaired) electrons. The molecular weight excluding hydrogens is 328 g/mol. The van der Waals surface area contributed by atoms with Crippen LogP contribution in [0.2, 0.25) is 0 Å². The third-order valence-electron chi connectivity index (χ3n) is 4.36. The van der Waals surface area contributed by atoms with Crippen LogP contribution in [0.3, 0.4) is 0 Å². The van der Waals surface area contributed by atoms with Crippen molar-refractivity contribution in [3.8, 4) is 0 Å². The van der Waals surface area contributed by atoms with Crippen LogP contribution in [-0.4, -0.2) is 35.2 Å². The van der Waals surface area contributed by atoms with Gasteiger partial charge < -0.3 is 4.90 Å².